The van der Waals surface area contributed by atoms with Crippen LogP contribution in [0.25, 0.3) is 0 Å². The summed E-state index contributed by atoms with van der Waals surface area (Å²) in [4.78, 5) is 24.1. The number of morpholine rings is 1. The lowest BCUT2D eigenvalue weighted by Gasteiger charge is -2.30. The molecule has 1 saturated heterocycles. The van der Waals surface area contributed by atoms with E-state index in [4.69, 9.17) is 15.1 Å². The molecule has 1 atom stereocenters. The third-order valence-electron chi connectivity index (χ3n) is 3.59. The van der Waals surface area contributed by atoms with E-state index in [1.807, 2.05) is 19.9 Å². The molecule has 21 heavy (non-hydrogen) atoms. The van der Waals surface area contributed by atoms with Gasteiger partial charge in [0.05, 0.1) is 19.2 Å². The number of nitriles is 1. The summed E-state index contributed by atoms with van der Waals surface area (Å²) in [5, 5.41) is 20.3. The van der Waals surface area contributed by atoms with Crippen LogP contribution < -0.4 is 5.32 Å². The fraction of sp³-hybridized carbons (Fsp3) is 0.786. The standard InChI is InChI=1S/C14H23N3O4/c1-14(2,4-3-12(18)19)5-6-16-13(20)17-7-8-21-11(9-15)10-17/h11H,3-8,10H2,1-2H3,(H,16,20)(H,18,19). The topological polar surface area (TPSA) is 103 Å². The highest BCUT2D eigenvalue weighted by atomic mass is 16.5. The molecule has 0 radical (unpaired) electrons. The molecule has 0 aromatic rings. The van der Waals surface area contributed by atoms with E-state index in [9.17, 15) is 9.59 Å². The van der Waals surface area contributed by atoms with Gasteiger partial charge < -0.3 is 20.1 Å². The van der Waals surface area contributed by atoms with Crippen molar-refractivity contribution in [3.8, 4) is 6.07 Å². The summed E-state index contributed by atoms with van der Waals surface area (Å²) in [6.07, 6.45) is 0.856. The fourth-order valence-corrected chi connectivity index (χ4v) is 2.10. The van der Waals surface area contributed by atoms with Crippen molar-refractivity contribution >= 4 is 12.0 Å². The Morgan fingerprint density at radius 1 is 1.48 bits per heavy atom. The molecule has 0 aromatic carbocycles. The van der Waals surface area contributed by atoms with Crippen molar-refractivity contribution in [1.29, 1.82) is 5.26 Å². The Labute approximate surface area is 124 Å². The molecule has 1 heterocycles. The molecule has 1 rings (SSSR count). The molecule has 0 aromatic heterocycles. The summed E-state index contributed by atoms with van der Waals surface area (Å²) in [6.45, 7) is 5.60. The van der Waals surface area contributed by atoms with Crippen LogP contribution in [0.5, 0.6) is 0 Å². The van der Waals surface area contributed by atoms with Crippen LogP contribution in [0.4, 0.5) is 4.79 Å². The zero-order valence-electron chi connectivity index (χ0n) is 12.6. The van der Waals surface area contributed by atoms with Crippen LogP contribution in [-0.4, -0.2) is 54.4 Å². The Hall–Kier alpha value is -1.81. The van der Waals surface area contributed by atoms with Crippen LogP contribution >= 0.6 is 0 Å². The maximum atomic E-state index is 12.0. The lowest BCUT2D eigenvalue weighted by atomic mass is 9.84. The number of amides is 2. The number of nitrogens with zero attached hydrogens (tertiary/aromatic N) is 2. The van der Waals surface area contributed by atoms with E-state index < -0.39 is 12.1 Å². The van der Waals surface area contributed by atoms with E-state index in [1.54, 1.807) is 4.90 Å². The Balaban J connectivity index is 2.29. The molecule has 1 aliphatic rings. The van der Waals surface area contributed by atoms with Gasteiger partial charge in [0.2, 0.25) is 0 Å². The second kappa shape index (κ2) is 7.84. The first-order chi connectivity index (χ1) is 9.84. The molecule has 118 valence electrons. The number of carbonyl (C=O) groups is 2. The normalized spacial score (nSPS) is 18.9. The molecule has 2 N–H and O–H groups in total. The second-order valence-electron chi connectivity index (χ2n) is 5.97. The van der Waals surface area contributed by atoms with Gasteiger partial charge in [-0.15, -0.1) is 0 Å². The van der Waals surface area contributed by atoms with E-state index in [0.29, 0.717) is 32.5 Å². The summed E-state index contributed by atoms with van der Waals surface area (Å²) in [5.74, 6) is -0.803. The summed E-state index contributed by atoms with van der Waals surface area (Å²) >= 11 is 0. The lowest BCUT2D eigenvalue weighted by molar-refractivity contribution is -0.137. The number of hydrogen-bond acceptors (Lipinski definition) is 4. The maximum Gasteiger partial charge on any atom is 0.317 e. The third-order valence-corrected chi connectivity index (χ3v) is 3.59. The van der Waals surface area contributed by atoms with Crippen molar-refractivity contribution in [2.24, 2.45) is 5.41 Å². The van der Waals surface area contributed by atoms with Gasteiger partial charge in [0.15, 0.2) is 6.10 Å². The number of hydrogen-bond donors (Lipinski definition) is 2. The smallest absolute Gasteiger partial charge is 0.317 e. The number of rotatable bonds is 6. The van der Waals surface area contributed by atoms with Gasteiger partial charge in [0.25, 0.3) is 0 Å². The van der Waals surface area contributed by atoms with Crippen LogP contribution in [0.3, 0.4) is 0 Å². The molecule has 0 saturated carbocycles. The summed E-state index contributed by atoms with van der Waals surface area (Å²) in [5.41, 5.74) is -0.133. The molecule has 1 fully saturated rings. The van der Waals surface area contributed by atoms with Gasteiger partial charge in [-0.3, -0.25) is 4.79 Å². The first-order valence-electron chi connectivity index (χ1n) is 7.10. The zero-order valence-corrected chi connectivity index (χ0v) is 12.6. The third kappa shape index (κ3) is 6.45. The van der Waals surface area contributed by atoms with Crippen LogP contribution in [0.15, 0.2) is 0 Å². The molecule has 1 aliphatic heterocycles. The van der Waals surface area contributed by atoms with E-state index in [0.717, 1.165) is 0 Å². The van der Waals surface area contributed by atoms with Crippen LogP contribution in [0.1, 0.15) is 33.1 Å². The molecule has 2 amide bonds. The van der Waals surface area contributed by atoms with Crippen molar-refractivity contribution in [1.82, 2.24) is 10.2 Å². The molecular weight excluding hydrogens is 274 g/mol. The minimum Gasteiger partial charge on any atom is -0.481 e. The van der Waals surface area contributed by atoms with E-state index in [1.165, 1.54) is 0 Å². The number of urea groups is 1. The number of aliphatic carboxylic acids is 1. The van der Waals surface area contributed by atoms with E-state index >= 15 is 0 Å². The van der Waals surface area contributed by atoms with Crippen molar-refractivity contribution in [3.05, 3.63) is 0 Å². The number of carboxylic acids is 1. The SMILES string of the molecule is CC(C)(CCNC(=O)N1CCOC(C#N)C1)CCC(=O)O. The molecule has 0 spiro atoms. The van der Waals surface area contributed by atoms with Crippen LogP contribution in [-0.2, 0) is 9.53 Å². The summed E-state index contributed by atoms with van der Waals surface area (Å²) in [7, 11) is 0. The average Bonchev–Trinajstić information content (AvgIpc) is 2.45. The number of carboxylic acid groups (broad SMARTS) is 1. The van der Waals surface area contributed by atoms with Gasteiger partial charge >= 0.3 is 12.0 Å². The summed E-state index contributed by atoms with van der Waals surface area (Å²) in [6, 6.07) is 1.80. The van der Waals surface area contributed by atoms with Gasteiger partial charge in [0.1, 0.15) is 0 Å². The van der Waals surface area contributed by atoms with E-state index in [-0.39, 0.29) is 24.4 Å². The highest BCUT2D eigenvalue weighted by Gasteiger charge is 2.24. The first kappa shape index (κ1) is 17.2. The number of ether oxygens (including phenoxy) is 1. The lowest BCUT2D eigenvalue weighted by Crippen LogP contribution is -2.49. The fourth-order valence-electron chi connectivity index (χ4n) is 2.10. The van der Waals surface area contributed by atoms with E-state index in [2.05, 4.69) is 5.32 Å². The van der Waals surface area contributed by atoms with Crippen molar-refractivity contribution < 1.29 is 19.4 Å². The van der Waals surface area contributed by atoms with Crippen molar-refractivity contribution in [3.63, 3.8) is 0 Å². The minimum absolute atomic E-state index is 0.133. The predicted octanol–water partition coefficient (Wildman–Crippen LogP) is 1.20. The average molecular weight is 297 g/mol. The zero-order chi connectivity index (χ0) is 15.9. The molecule has 0 bridgehead atoms. The molecule has 7 heteroatoms. The Morgan fingerprint density at radius 2 is 2.19 bits per heavy atom. The van der Waals surface area contributed by atoms with Gasteiger partial charge in [-0.2, -0.15) is 5.26 Å². The van der Waals surface area contributed by atoms with Crippen molar-refractivity contribution in [2.75, 3.05) is 26.2 Å². The largest absolute Gasteiger partial charge is 0.481 e. The Bertz CT molecular complexity index is 417. The molecule has 7 nitrogen and oxygen atoms in total. The highest BCUT2D eigenvalue weighted by Crippen LogP contribution is 2.26. The van der Waals surface area contributed by atoms with Crippen LogP contribution in [0, 0.1) is 16.7 Å². The Kier molecular flexibility index (Phi) is 6.43. The summed E-state index contributed by atoms with van der Waals surface area (Å²) < 4.78 is 5.18. The second-order valence-corrected chi connectivity index (χ2v) is 5.97. The molecule has 0 aliphatic carbocycles. The number of carbonyl (C=O) groups excluding carboxylic acids is 1. The Morgan fingerprint density at radius 3 is 2.81 bits per heavy atom. The molecular formula is C14H23N3O4. The molecule has 1 unspecified atom stereocenters. The van der Waals surface area contributed by atoms with Gasteiger partial charge in [-0.1, -0.05) is 13.8 Å². The minimum atomic E-state index is -0.803. The van der Waals surface area contributed by atoms with Gasteiger partial charge in [-0.25, -0.2) is 4.79 Å². The van der Waals surface area contributed by atoms with Gasteiger partial charge in [-0.05, 0) is 18.3 Å². The predicted molar refractivity (Wildman–Crippen MR) is 75.6 cm³/mol. The quantitative estimate of drug-likeness (QED) is 0.767. The van der Waals surface area contributed by atoms with Gasteiger partial charge in [0, 0.05) is 19.5 Å². The first-order valence-corrected chi connectivity index (χ1v) is 7.10. The van der Waals surface area contributed by atoms with Crippen LogP contribution in [0.2, 0.25) is 0 Å². The highest BCUT2D eigenvalue weighted by molar-refractivity contribution is 5.74. The maximum absolute atomic E-state index is 12.0. The monoisotopic (exact) mass is 297 g/mol. The number of nitrogens with one attached hydrogen (secondary N) is 1. The van der Waals surface area contributed by atoms with Crippen molar-refractivity contribution in [2.45, 2.75) is 39.2 Å².